The summed E-state index contributed by atoms with van der Waals surface area (Å²) in [6.07, 6.45) is 10.7. The standard InChI is InChI=1S/C13H22ClNS/c1-2-3-4-5-6-7-8-9-13-15-12(10-14)11-16-13/h11H,2-10H2,1H3. The molecule has 0 N–H and O–H groups in total. The number of halogens is 1. The number of hydrogen-bond acceptors (Lipinski definition) is 2. The average molecular weight is 260 g/mol. The Balaban J connectivity index is 1.98. The average Bonchev–Trinajstić information content (AvgIpc) is 2.76. The molecule has 1 heterocycles. The van der Waals surface area contributed by atoms with Crippen molar-refractivity contribution in [2.75, 3.05) is 0 Å². The molecule has 0 aliphatic heterocycles. The molecule has 3 heteroatoms. The maximum atomic E-state index is 5.72. The van der Waals surface area contributed by atoms with Gasteiger partial charge in [0.2, 0.25) is 0 Å². The van der Waals surface area contributed by atoms with E-state index in [4.69, 9.17) is 11.6 Å². The van der Waals surface area contributed by atoms with Crippen LogP contribution in [0.2, 0.25) is 0 Å². The molecular weight excluding hydrogens is 238 g/mol. The fourth-order valence-corrected chi connectivity index (χ4v) is 2.83. The fourth-order valence-electron chi connectivity index (χ4n) is 1.76. The second kappa shape index (κ2) is 9.00. The number of unbranched alkanes of at least 4 members (excludes halogenated alkanes) is 6. The van der Waals surface area contributed by atoms with Crippen molar-refractivity contribution in [2.24, 2.45) is 0 Å². The topological polar surface area (TPSA) is 12.9 Å². The van der Waals surface area contributed by atoms with Gasteiger partial charge in [0.25, 0.3) is 0 Å². The van der Waals surface area contributed by atoms with E-state index in [1.54, 1.807) is 11.3 Å². The molecule has 1 aromatic heterocycles. The van der Waals surface area contributed by atoms with Crippen LogP contribution in [0.25, 0.3) is 0 Å². The predicted octanol–water partition coefficient (Wildman–Crippen LogP) is 5.18. The molecule has 0 radical (unpaired) electrons. The number of thiazole rings is 1. The lowest BCUT2D eigenvalue weighted by molar-refractivity contribution is 0.589. The van der Waals surface area contributed by atoms with Crippen molar-refractivity contribution in [2.45, 2.75) is 64.2 Å². The van der Waals surface area contributed by atoms with Gasteiger partial charge in [-0.15, -0.1) is 22.9 Å². The van der Waals surface area contributed by atoms with Crippen LogP contribution in [-0.4, -0.2) is 4.98 Å². The highest BCUT2D eigenvalue weighted by Gasteiger charge is 2.00. The van der Waals surface area contributed by atoms with Crippen molar-refractivity contribution >= 4 is 22.9 Å². The molecule has 0 atom stereocenters. The van der Waals surface area contributed by atoms with Crippen LogP contribution in [0.4, 0.5) is 0 Å². The Kier molecular flexibility index (Phi) is 7.87. The summed E-state index contributed by atoms with van der Waals surface area (Å²) in [7, 11) is 0. The molecule has 1 rings (SSSR count). The Hall–Kier alpha value is -0.0800. The van der Waals surface area contributed by atoms with E-state index in [0.717, 1.165) is 12.1 Å². The molecule has 16 heavy (non-hydrogen) atoms. The molecule has 0 bridgehead atoms. The number of hydrogen-bond donors (Lipinski definition) is 0. The summed E-state index contributed by atoms with van der Waals surface area (Å²) in [6, 6.07) is 0. The van der Waals surface area contributed by atoms with E-state index in [0.29, 0.717) is 5.88 Å². The minimum atomic E-state index is 0.549. The minimum absolute atomic E-state index is 0.549. The molecule has 0 amide bonds. The van der Waals surface area contributed by atoms with Gasteiger partial charge in [-0.2, -0.15) is 0 Å². The summed E-state index contributed by atoms with van der Waals surface area (Å²) < 4.78 is 0. The van der Waals surface area contributed by atoms with Crippen molar-refractivity contribution in [3.05, 3.63) is 16.1 Å². The third kappa shape index (κ3) is 5.86. The lowest BCUT2D eigenvalue weighted by Gasteiger charge is -1.99. The highest BCUT2D eigenvalue weighted by atomic mass is 35.5. The summed E-state index contributed by atoms with van der Waals surface area (Å²) in [4.78, 5) is 4.46. The maximum absolute atomic E-state index is 5.72. The predicted molar refractivity (Wildman–Crippen MR) is 73.4 cm³/mol. The first kappa shape index (κ1) is 14.0. The Bertz CT molecular complexity index is 273. The summed E-state index contributed by atoms with van der Waals surface area (Å²) in [6.45, 7) is 2.26. The summed E-state index contributed by atoms with van der Waals surface area (Å²) in [5.74, 6) is 0.549. The van der Waals surface area contributed by atoms with Crippen LogP contribution >= 0.6 is 22.9 Å². The van der Waals surface area contributed by atoms with Crippen molar-refractivity contribution in [3.8, 4) is 0 Å². The van der Waals surface area contributed by atoms with Gasteiger partial charge in [0.1, 0.15) is 0 Å². The summed E-state index contributed by atoms with van der Waals surface area (Å²) in [5, 5.41) is 3.33. The number of alkyl halides is 1. The zero-order valence-corrected chi connectivity index (χ0v) is 11.7. The Morgan fingerprint density at radius 2 is 1.81 bits per heavy atom. The molecule has 1 nitrogen and oxygen atoms in total. The van der Waals surface area contributed by atoms with Crippen LogP contribution in [0, 0.1) is 0 Å². The van der Waals surface area contributed by atoms with Gasteiger partial charge in [0.05, 0.1) is 16.6 Å². The number of aryl methyl sites for hydroxylation is 1. The first-order valence-corrected chi connectivity index (χ1v) is 7.77. The summed E-state index contributed by atoms with van der Waals surface area (Å²) in [5.41, 5.74) is 1.03. The van der Waals surface area contributed by atoms with Crippen LogP contribution in [0.15, 0.2) is 5.38 Å². The van der Waals surface area contributed by atoms with Gasteiger partial charge in [-0.1, -0.05) is 45.4 Å². The van der Waals surface area contributed by atoms with E-state index in [-0.39, 0.29) is 0 Å². The minimum Gasteiger partial charge on any atom is -0.245 e. The Labute approximate surface area is 108 Å². The molecule has 0 fully saturated rings. The SMILES string of the molecule is CCCCCCCCCc1nc(CCl)cs1. The van der Waals surface area contributed by atoms with E-state index >= 15 is 0 Å². The van der Waals surface area contributed by atoms with Crippen molar-refractivity contribution in [1.82, 2.24) is 4.98 Å². The zero-order chi connectivity index (χ0) is 11.6. The molecular formula is C13H22ClNS. The summed E-state index contributed by atoms with van der Waals surface area (Å²) >= 11 is 7.47. The third-order valence-corrected chi connectivity index (χ3v) is 3.96. The van der Waals surface area contributed by atoms with E-state index in [9.17, 15) is 0 Å². The maximum Gasteiger partial charge on any atom is 0.0928 e. The molecule has 92 valence electrons. The molecule has 0 saturated carbocycles. The highest BCUT2D eigenvalue weighted by Crippen LogP contribution is 2.15. The first-order chi connectivity index (χ1) is 7.86. The third-order valence-electron chi connectivity index (χ3n) is 2.73. The number of nitrogens with zero attached hydrogens (tertiary/aromatic N) is 1. The van der Waals surface area contributed by atoms with E-state index in [2.05, 4.69) is 17.3 Å². The van der Waals surface area contributed by atoms with Crippen LogP contribution in [0.5, 0.6) is 0 Å². The smallest absolute Gasteiger partial charge is 0.0928 e. The van der Waals surface area contributed by atoms with Gasteiger partial charge < -0.3 is 0 Å². The molecule has 0 aromatic carbocycles. The van der Waals surface area contributed by atoms with Gasteiger partial charge >= 0.3 is 0 Å². The van der Waals surface area contributed by atoms with Crippen LogP contribution in [-0.2, 0) is 12.3 Å². The Morgan fingerprint density at radius 1 is 1.12 bits per heavy atom. The lowest BCUT2D eigenvalue weighted by Crippen LogP contribution is -1.86. The van der Waals surface area contributed by atoms with Gasteiger partial charge in [0, 0.05) is 5.38 Å². The number of rotatable bonds is 9. The fraction of sp³-hybridized carbons (Fsp3) is 0.769. The van der Waals surface area contributed by atoms with Gasteiger partial charge in [-0.25, -0.2) is 4.98 Å². The largest absolute Gasteiger partial charge is 0.245 e. The quantitative estimate of drug-likeness (QED) is 0.440. The Morgan fingerprint density at radius 3 is 2.44 bits per heavy atom. The van der Waals surface area contributed by atoms with Gasteiger partial charge in [-0.05, 0) is 12.8 Å². The highest BCUT2D eigenvalue weighted by molar-refractivity contribution is 7.09. The van der Waals surface area contributed by atoms with E-state index < -0.39 is 0 Å². The molecule has 1 aromatic rings. The first-order valence-electron chi connectivity index (χ1n) is 6.36. The monoisotopic (exact) mass is 259 g/mol. The normalized spacial score (nSPS) is 10.9. The van der Waals surface area contributed by atoms with Crippen LogP contribution in [0.1, 0.15) is 62.6 Å². The zero-order valence-electron chi connectivity index (χ0n) is 10.2. The second-order valence-electron chi connectivity index (χ2n) is 4.24. The van der Waals surface area contributed by atoms with E-state index in [1.165, 1.54) is 50.0 Å². The van der Waals surface area contributed by atoms with Gasteiger partial charge in [0.15, 0.2) is 0 Å². The molecule has 0 aliphatic carbocycles. The van der Waals surface area contributed by atoms with Crippen molar-refractivity contribution in [3.63, 3.8) is 0 Å². The molecule has 0 aliphatic rings. The molecule has 0 spiro atoms. The van der Waals surface area contributed by atoms with Crippen LogP contribution in [0.3, 0.4) is 0 Å². The lowest BCUT2D eigenvalue weighted by atomic mass is 10.1. The van der Waals surface area contributed by atoms with Gasteiger partial charge in [-0.3, -0.25) is 0 Å². The second-order valence-corrected chi connectivity index (χ2v) is 5.45. The molecule has 0 saturated heterocycles. The van der Waals surface area contributed by atoms with Crippen molar-refractivity contribution in [1.29, 1.82) is 0 Å². The van der Waals surface area contributed by atoms with Crippen molar-refractivity contribution < 1.29 is 0 Å². The van der Waals surface area contributed by atoms with Crippen LogP contribution < -0.4 is 0 Å². The number of aromatic nitrogens is 1. The van der Waals surface area contributed by atoms with E-state index in [1.807, 2.05) is 0 Å². The molecule has 0 unspecified atom stereocenters.